The van der Waals surface area contributed by atoms with Gasteiger partial charge in [-0.15, -0.1) is 0 Å². The lowest BCUT2D eigenvalue weighted by Crippen LogP contribution is -2.47. The van der Waals surface area contributed by atoms with Gasteiger partial charge in [-0.1, -0.05) is 6.07 Å². The SMILES string of the molecule is CC(OC(=O)CNC(=O)c1cccc([N+](=O)[O-])c1)C(=O)N1CC(=O)Nc2cc(C(F)(F)F)ccc21. The van der Waals surface area contributed by atoms with E-state index in [1.165, 1.54) is 25.1 Å². The first-order chi connectivity index (χ1) is 16.4. The van der Waals surface area contributed by atoms with Gasteiger partial charge in [-0.2, -0.15) is 13.2 Å². The number of non-ortho nitro benzene ring substituents is 1. The van der Waals surface area contributed by atoms with Crippen molar-refractivity contribution in [2.24, 2.45) is 0 Å². The summed E-state index contributed by atoms with van der Waals surface area (Å²) < 4.78 is 43.9. The molecule has 0 aromatic heterocycles. The number of amides is 3. The Morgan fingerprint density at radius 1 is 1.23 bits per heavy atom. The van der Waals surface area contributed by atoms with Gasteiger partial charge in [-0.3, -0.25) is 34.2 Å². The number of benzene rings is 2. The normalized spacial score (nSPS) is 13.8. The van der Waals surface area contributed by atoms with Crippen molar-refractivity contribution in [3.8, 4) is 0 Å². The number of fused-ring (bicyclic) bond motifs is 1. The highest BCUT2D eigenvalue weighted by molar-refractivity contribution is 6.11. The number of hydrogen-bond donors (Lipinski definition) is 2. The third-order valence-corrected chi connectivity index (χ3v) is 4.82. The fourth-order valence-corrected chi connectivity index (χ4v) is 3.19. The van der Waals surface area contributed by atoms with E-state index in [0.29, 0.717) is 6.07 Å². The van der Waals surface area contributed by atoms with Crippen LogP contribution in [0.15, 0.2) is 42.5 Å². The average Bonchev–Trinajstić information content (AvgIpc) is 2.80. The van der Waals surface area contributed by atoms with Crippen LogP contribution < -0.4 is 15.5 Å². The zero-order valence-corrected chi connectivity index (χ0v) is 17.9. The van der Waals surface area contributed by atoms with Crippen molar-refractivity contribution < 1.29 is 42.0 Å². The summed E-state index contributed by atoms with van der Waals surface area (Å²) in [6.45, 7) is 0.00660. The molecule has 0 spiro atoms. The molecule has 0 saturated carbocycles. The maximum Gasteiger partial charge on any atom is 0.416 e. The highest BCUT2D eigenvalue weighted by Gasteiger charge is 2.35. The number of halogens is 3. The van der Waals surface area contributed by atoms with Crippen molar-refractivity contribution in [2.45, 2.75) is 19.2 Å². The second kappa shape index (κ2) is 9.79. The fourth-order valence-electron chi connectivity index (χ4n) is 3.19. The minimum atomic E-state index is -4.66. The molecule has 0 bridgehead atoms. The van der Waals surface area contributed by atoms with E-state index in [-0.39, 0.29) is 22.6 Å². The lowest BCUT2D eigenvalue weighted by molar-refractivity contribution is -0.384. The van der Waals surface area contributed by atoms with Gasteiger partial charge in [0.15, 0.2) is 6.10 Å². The molecule has 2 N–H and O–H groups in total. The molecule has 1 aliphatic heterocycles. The molecule has 0 saturated heterocycles. The van der Waals surface area contributed by atoms with Gasteiger partial charge in [-0.05, 0) is 31.2 Å². The van der Waals surface area contributed by atoms with Gasteiger partial charge in [0.2, 0.25) is 5.91 Å². The zero-order chi connectivity index (χ0) is 25.9. The van der Waals surface area contributed by atoms with Gasteiger partial charge in [-0.25, -0.2) is 0 Å². The molecule has 184 valence electrons. The molecule has 35 heavy (non-hydrogen) atoms. The van der Waals surface area contributed by atoms with E-state index in [2.05, 4.69) is 10.6 Å². The lowest BCUT2D eigenvalue weighted by Gasteiger charge is -2.31. The standard InChI is InChI=1S/C21H17F3N4O7/c1-11(35-18(30)9-25-19(31)12-3-2-4-14(7-12)28(33)34)20(32)27-10-17(29)26-15-8-13(21(22,23)24)5-6-16(15)27/h2-8,11H,9-10H2,1H3,(H,25,31)(H,26,29). The average molecular weight is 494 g/mol. The molecule has 0 aliphatic carbocycles. The number of anilines is 2. The van der Waals surface area contributed by atoms with Crippen LogP contribution in [0.4, 0.5) is 30.2 Å². The molecule has 1 heterocycles. The van der Waals surface area contributed by atoms with Gasteiger partial charge in [0, 0.05) is 17.7 Å². The number of nitro groups is 1. The van der Waals surface area contributed by atoms with E-state index in [0.717, 1.165) is 23.1 Å². The minimum Gasteiger partial charge on any atom is -0.451 e. The third-order valence-electron chi connectivity index (χ3n) is 4.82. The van der Waals surface area contributed by atoms with Crippen molar-refractivity contribution in [1.82, 2.24) is 5.32 Å². The van der Waals surface area contributed by atoms with Gasteiger partial charge in [0.25, 0.3) is 17.5 Å². The van der Waals surface area contributed by atoms with Crippen LogP contribution in [0.5, 0.6) is 0 Å². The first-order valence-corrected chi connectivity index (χ1v) is 9.91. The van der Waals surface area contributed by atoms with E-state index in [4.69, 9.17) is 4.74 Å². The Morgan fingerprint density at radius 3 is 2.60 bits per heavy atom. The number of ether oxygens (including phenoxy) is 1. The van der Waals surface area contributed by atoms with E-state index in [1.54, 1.807) is 0 Å². The Labute approximate surface area is 195 Å². The van der Waals surface area contributed by atoms with Crippen LogP contribution in [-0.4, -0.2) is 47.8 Å². The van der Waals surface area contributed by atoms with Gasteiger partial charge < -0.3 is 15.4 Å². The van der Waals surface area contributed by atoms with Crippen molar-refractivity contribution in [1.29, 1.82) is 0 Å². The van der Waals surface area contributed by atoms with Crippen molar-refractivity contribution in [3.05, 3.63) is 63.7 Å². The highest BCUT2D eigenvalue weighted by atomic mass is 19.4. The zero-order valence-electron chi connectivity index (χ0n) is 17.9. The molecule has 0 fully saturated rings. The van der Waals surface area contributed by atoms with Crippen molar-refractivity contribution >= 4 is 40.8 Å². The van der Waals surface area contributed by atoms with Crippen LogP contribution in [0, 0.1) is 10.1 Å². The number of rotatable bonds is 6. The second-order valence-electron chi connectivity index (χ2n) is 7.32. The van der Waals surface area contributed by atoms with Crippen LogP contribution in [0.1, 0.15) is 22.8 Å². The number of carbonyl (C=O) groups is 4. The molecule has 1 aliphatic rings. The maximum absolute atomic E-state index is 13.0. The number of carbonyl (C=O) groups excluding carboxylic acids is 4. The Morgan fingerprint density at radius 2 is 1.94 bits per heavy atom. The molecule has 14 heteroatoms. The smallest absolute Gasteiger partial charge is 0.416 e. The summed E-state index contributed by atoms with van der Waals surface area (Å²) in [4.78, 5) is 59.9. The quantitative estimate of drug-likeness (QED) is 0.356. The summed E-state index contributed by atoms with van der Waals surface area (Å²) in [5.74, 6) is -3.45. The Balaban J connectivity index is 1.63. The molecule has 11 nitrogen and oxygen atoms in total. The number of alkyl halides is 3. The predicted molar refractivity (Wildman–Crippen MR) is 113 cm³/mol. The summed E-state index contributed by atoms with van der Waals surface area (Å²) in [6.07, 6.45) is -6.11. The Hall–Kier alpha value is -4.49. The topological polar surface area (TPSA) is 148 Å². The van der Waals surface area contributed by atoms with Crippen LogP contribution in [0.2, 0.25) is 0 Å². The lowest BCUT2D eigenvalue weighted by atomic mass is 10.1. The van der Waals surface area contributed by atoms with Gasteiger partial charge >= 0.3 is 12.1 Å². The molecule has 0 radical (unpaired) electrons. The molecule has 1 atom stereocenters. The number of esters is 1. The van der Waals surface area contributed by atoms with Crippen molar-refractivity contribution in [3.63, 3.8) is 0 Å². The molecule has 3 rings (SSSR count). The summed E-state index contributed by atoms with van der Waals surface area (Å²) in [5.41, 5.74) is -1.67. The largest absolute Gasteiger partial charge is 0.451 e. The van der Waals surface area contributed by atoms with Crippen LogP contribution in [0.3, 0.4) is 0 Å². The van der Waals surface area contributed by atoms with Crippen LogP contribution >= 0.6 is 0 Å². The summed E-state index contributed by atoms with van der Waals surface area (Å²) in [7, 11) is 0. The number of hydrogen-bond acceptors (Lipinski definition) is 7. The maximum atomic E-state index is 13.0. The number of nitrogens with one attached hydrogen (secondary N) is 2. The first-order valence-electron chi connectivity index (χ1n) is 9.91. The van der Waals surface area contributed by atoms with Crippen LogP contribution in [-0.2, 0) is 25.3 Å². The molecular weight excluding hydrogens is 477 g/mol. The minimum absolute atomic E-state index is 0.00975. The highest BCUT2D eigenvalue weighted by Crippen LogP contribution is 2.37. The molecule has 1 unspecified atom stereocenters. The van der Waals surface area contributed by atoms with Gasteiger partial charge in [0.05, 0.1) is 21.9 Å². The summed E-state index contributed by atoms with van der Waals surface area (Å²) >= 11 is 0. The Kier molecular flexibility index (Phi) is 7.03. The van der Waals surface area contributed by atoms with E-state index in [9.17, 15) is 42.5 Å². The molecule has 2 aromatic carbocycles. The van der Waals surface area contributed by atoms with Crippen molar-refractivity contribution in [2.75, 3.05) is 23.3 Å². The molecule has 3 amide bonds. The van der Waals surface area contributed by atoms with E-state index in [1.807, 2.05) is 0 Å². The summed E-state index contributed by atoms with van der Waals surface area (Å²) in [5, 5.41) is 15.3. The van der Waals surface area contributed by atoms with Gasteiger partial charge in [0.1, 0.15) is 13.1 Å². The fraction of sp³-hybridized carbons (Fsp3) is 0.238. The number of nitro benzene ring substituents is 1. The third kappa shape index (κ3) is 5.90. The van der Waals surface area contributed by atoms with E-state index >= 15 is 0 Å². The van der Waals surface area contributed by atoms with E-state index < -0.39 is 59.5 Å². The second-order valence-corrected chi connectivity index (χ2v) is 7.32. The van der Waals surface area contributed by atoms with Crippen LogP contribution in [0.25, 0.3) is 0 Å². The summed E-state index contributed by atoms with van der Waals surface area (Å²) in [6, 6.07) is 7.23. The Bertz CT molecular complexity index is 1220. The number of nitrogens with zero attached hydrogens (tertiary/aromatic N) is 2. The predicted octanol–water partition coefficient (Wildman–Crippen LogP) is 2.26. The monoisotopic (exact) mass is 494 g/mol. The molecular formula is C21H17F3N4O7. The first kappa shape index (κ1) is 25.1. The molecule has 2 aromatic rings.